The Hall–Kier alpha value is -3.61. The van der Waals surface area contributed by atoms with Crippen LogP contribution in [0.3, 0.4) is 0 Å². The molecule has 0 radical (unpaired) electrons. The summed E-state index contributed by atoms with van der Waals surface area (Å²) in [5, 5.41) is 2.58. The fraction of sp³-hybridized carbons (Fsp3) is 0.136. The molecule has 0 spiro atoms. The molecular formula is C22H19F2N3O2. The predicted octanol–water partition coefficient (Wildman–Crippen LogP) is 4.51. The van der Waals surface area contributed by atoms with Crippen molar-refractivity contribution in [2.24, 2.45) is 0 Å². The first-order chi connectivity index (χ1) is 13.8. The fourth-order valence-corrected chi connectivity index (χ4v) is 2.62. The molecule has 3 rings (SSSR count). The molecule has 5 nitrogen and oxygen atoms in total. The van der Waals surface area contributed by atoms with Crippen molar-refractivity contribution < 1.29 is 18.4 Å². The topological polar surface area (TPSA) is 62.3 Å². The van der Waals surface area contributed by atoms with Gasteiger partial charge in [0.25, 0.3) is 11.8 Å². The van der Waals surface area contributed by atoms with E-state index in [-0.39, 0.29) is 16.9 Å². The maximum atomic E-state index is 13.7. The molecule has 1 N–H and O–H groups in total. The third kappa shape index (κ3) is 4.45. The Morgan fingerprint density at radius 3 is 2.03 bits per heavy atom. The summed E-state index contributed by atoms with van der Waals surface area (Å²) >= 11 is 0. The van der Waals surface area contributed by atoms with Crippen LogP contribution in [-0.4, -0.2) is 23.8 Å². The number of benzene rings is 2. The van der Waals surface area contributed by atoms with E-state index in [1.54, 1.807) is 39.1 Å². The summed E-state index contributed by atoms with van der Waals surface area (Å²) in [6.45, 7) is 3.23. The highest BCUT2D eigenvalue weighted by Gasteiger charge is 2.16. The van der Waals surface area contributed by atoms with Gasteiger partial charge in [-0.2, -0.15) is 0 Å². The highest BCUT2D eigenvalue weighted by atomic mass is 19.1. The Balaban J connectivity index is 1.71. The van der Waals surface area contributed by atoms with Crippen molar-refractivity contribution in [3.8, 4) is 0 Å². The molecule has 0 saturated carbocycles. The average molecular weight is 395 g/mol. The lowest BCUT2D eigenvalue weighted by Gasteiger charge is -2.17. The van der Waals surface area contributed by atoms with Crippen LogP contribution >= 0.6 is 0 Å². The number of rotatable bonds is 4. The molecule has 0 aliphatic heterocycles. The van der Waals surface area contributed by atoms with Crippen molar-refractivity contribution in [2.75, 3.05) is 17.3 Å². The number of hydrogen-bond acceptors (Lipinski definition) is 3. The molecule has 0 atom stereocenters. The lowest BCUT2D eigenvalue weighted by atomic mass is 10.1. The second-order valence-electron chi connectivity index (χ2n) is 6.65. The largest absolute Gasteiger partial charge is 0.310 e. The van der Waals surface area contributed by atoms with Crippen molar-refractivity contribution in [1.82, 2.24) is 4.98 Å². The average Bonchev–Trinajstić information content (AvgIpc) is 2.71. The van der Waals surface area contributed by atoms with E-state index in [1.807, 2.05) is 0 Å². The first kappa shape index (κ1) is 20.1. The van der Waals surface area contributed by atoms with E-state index in [4.69, 9.17) is 0 Å². The van der Waals surface area contributed by atoms with E-state index in [1.165, 1.54) is 35.4 Å². The van der Waals surface area contributed by atoms with Crippen LogP contribution in [0.25, 0.3) is 0 Å². The molecule has 1 aromatic heterocycles. The predicted molar refractivity (Wildman–Crippen MR) is 107 cm³/mol. The van der Waals surface area contributed by atoms with Crippen molar-refractivity contribution in [1.29, 1.82) is 0 Å². The molecular weight excluding hydrogens is 376 g/mol. The number of aryl methyl sites for hydroxylation is 2. The second-order valence-corrected chi connectivity index (χ2v) is 6.65. The number of pyridine rings is 1. The van der Waals surface area contributed by atoms with Gasteiger partial charge in [-0.3, -0.25) is 9.59 Å². The zero-order valence-electron chi connectivity index (χ0n) is 16.2. The molecule has 0 aliphatic carbocycles. The van der Waals surface area contributed by atoms with Crippen LogP contribution < -0.4 is 10.2 Å². The van der Waals surface area contributed by atoms with Gasteiger partial charge in [-0.1, -0.05) is 12.1 Å². The normalized spacial score (nSPS) is 10.5. The molecule has 2 aromatic carbocycles. The van der Waals surface area contributed by atoms with Gasteiger partial charge >= 0.3 is 0 Å². The van der Waals surface area contributed by atoms with Crippen LogP contribution in [0.5, 0.6) is 0 Å². The molecule has 148 valence electrons. The van der Waals surface area contributed by atoms with Gasteiger partial charge in [0.15, 0.2) is 0 Å². The van der Waals surface area contributed by atoms with Crippen LogP contribution in [0.15, 0.2) is 54.7 Å². The molecule has 0 unspecified atom stereocenters. The van der Waals surface area contributed by atoms with E-state index >= 15 is 0 Å². The highest BCUT2D eigenvalue weighted by molar-refractivity contribution is 6.06. The van der Waals surface area contributed by atoms with Gasteiger partial charge in [-0.25, -0.2) is 13.8 Å². The highest BCUT2D eigenvalue weighted by Crippen LogP contribution is 2.19. The number of anilines is 2. The smallest absolute Gasteiger partial charge is 0.258 e. The summed E-state index contributed by atoms with van der Waals surface area (Å²) in [6.07, 6.45) is 1.41. The zero-order valence-corrected chi connectivity index (χ0v) is 16.2. The van der Waals surface area contributed by atoms with E-state index in [9.17, 15) is 18.4 Å². The van der Waals surface area contributed by atoms with Crippen molar-refractivity contribution in [3.05, 3.63) is 88.6 Å². The number of hydrogen-bond donors (Lipinski definition) is 1. The molecule has 2 amide bonds. The number of nitrogens with one attached hydrogen (secondary N) is 1. The van der Waals surface area contributed by atoms with E-state index in [0.29, 0.717) is 16.8 Å². The van der Waals surface area contributed by atoms with E-state index < -0.39 is 23.4 Å². The Kier molecular flexibility index (Phi) is 5.68. The van der Waals surface area contributed by atoms with Gasteiger partial charge in [-0.05, 0) is 61.4 Å². The van der Waals surface area contributed by atoms with Crippen LogP contribution in [0.4, 0.5) is 20.3 Å². The minimum Gasteiger partial charge on any atom is -0.310 e. The number of amides is 2. The minimum atomic E-state index is -0.497. The quantitative estimate of drug-likeness (QED) is 0.707. The lowest BCUT2D eigenvalue weighted by Crippen LogP contribution is -2.26. The maximum absolute atomic E-state index is 13.7. The molecule has 3 aromatic rings. The van der Waals surface area contributed by atoms with Crippen LogP contribution in [0.2, 0.25) is 0 Å². The van der Waals surface area contributed by atoms with Crippen molar-refractivity contribution in [3.63, 3.8) is 0 Å². The van der Waals surface area contributed by atoms with Gasteiger partial charge in [0.05, 0.1) is 11.9 Å². The van der Waals surface area contributed by atoms with Gasteiger partial charge < -0.3 is 10.2 Å². The Bertz CT molecular complexity index is 1080. The third-order valence-corrected chi connectivity index (χ3v) is 4.53. The minimum absolute atomic E-state index is 0.174. The third-order valence-electron chi connectivity index (χ3n) is 4.53. The standard InChI is InChI=1S/C22H19F2N3O2/c1-13-4-6-15(10-18(13)23)21(28)26-20-9-8-17(12-25-20)27(3)22(29)16-7-5-14(2)19(24)11-16/h4-12H,1-3H3,(H,25,26,28). The van der Waals surface area contributed by atoms with Crippen LogP contribution in [-0.2, 0) is 0 Å². The SMILES string of the molecule is Cc1ccc(C(=O)Nc2ccc(N(C)C(=O)c3ccc(C)c(F)c3)cn2)cc1F. The summed E-state index contributed by atoms with van der Waals surface area (Å²) in [4.78, 5) is 30.2. The molecule has 0 fully saturated rings. The monoisotopic (exact) mass is 395 g/mol. The fourth-order valence-electron chi connectivity index (χ4n) is 2.62. The molecule has 1 heterocycles. The number of carbonyl (C=O) groups excluding carboxylic acids is 2. The molecule has 0 saturated heterocycles. The van der Waals surface area contributed by atoms with Gasteiger partial charge in [0, 0.05) is 18.2 Å². The Labute approximate surface area is 167 Å². The molecule has 7 heteroatoms. The number of halogens is 2. The van der Waals surface area contributed by atoms with E-state index in [2.05, 4.69) is 10.3 Å². The summed E-state index contributed by atoms with van der Waals surface area (Å²) in [6, 6.07) is 11.6. The van der Waals surface area contributed by atoms with Gasteiger partial charge in [0.2, 0.25) is 0 Å². The zero-order chi connectivity index (χ0) is 21.1. The number of carbonyl (C=O) groups is 2. The summed E-state index contributed by atoms with van der Waals surface area (Å²) in [7, 11) is 1.55. The van der Waals surface area contributed by atoms with Crippen molar-refractivity contribution >= 4 is 23.3 Å². The Morgan fingerprint density at radius 2 is 1.48 bits per heavy atom. The van der Waals surface area contributed by atoms with E-state index in [0.717, 1.165) is 6.07 Å². The van der Waals surface area contributed by atoms with Gasteiger partial charge in [0.1, 0.15) is 17.5 Å². The van der Waals surface area contributed by atoms with Gasteiger partial charge in [-0.15, -0.1) is 0 Å². The molecule has 29 heavy (non-hydrogen) atoms. The summed E-state index contributed by atoms with van der Waals surface area (Å²) in [5.41, 5.74) is 1.77. The summed E-state index contributed by atoms with van der Waals surface area (Å²) in [5.74, 6) is -1.55. The maximum Gasteiger partial charge on any atom is 0.258 e. The summed E-state index contributed by atoms with van der Waals surface area (Å²) < 4.78 is 27.3. The molecule has 0 bridgehead atoms. The van der Waals surface area contributed by atoms with Crippen LogP contribution in [0.1, 0.15) is 31.8 Å². The van der Waals surface area contributed by atoms with Crippen LogP contribution in [0, 0.1) is 25.5 Å². The Morgan fingerprint density at radius 1 is 0.897 bits per heavy atom. The lowest BCUT2D eigenvalue weighted by molar-refractivity contribution is 0.0990. The molecule has 0 aliphatic rings. The number of nitrogens with zero attached hydrogens (tertiary/aromatic N) is 2. The first-order valence-corrected chi connectivity index (χ1v) is 8.84. The van der Waals surface area contributed by atoms with Crippen molar-refractivity contribution in [2.45, 2.75) is 13.8 Å². The second kappa shape index (κ2) is 8.18. The first-order valence-electron chi connectivity index (χ1n) is 8.84. The number of aromatic nitrogens is 1.